The molecule has 270 valence electrons. The summed E-state index contributed by atoms with van der Waals surface area (Å²) in [6.45, 7) is 0.293. The van der Waals surface area contributed by atoms with Crippen molar-refractivity contribution >= 4 is 33.7 Å². The van der Waals surface area contributed by atoms with E-state index in [0.29, 0.717) is 32.9 Å². The van der Waals surface area contributed by atoms with Crippen LogP contribution in [0.4, 0.5) is 0 Å². The van der Waals surface area contributed by atoms with Crippen LogP contribution in [-0.4, -0.2) is 137 Å². The first kappa shape index (κ1) is 35.5. The molecule has 2 aliphatic rings. The van der Waals surface area contributed by atoms with Crippen LogP contribution in [0.1, 0.15) is 16.8 Å². The number of carbonyl (C=O) groups excluding carboxylic acids is 1. The molecule has 2 aromatic heterocycles. The van der Waals surface area contributed by atoms with Gasteiger partial charge in [0.25, 0.3) is 12.6 Å². The molecule has 2 aliphatic heterocycles. The van der Waals surface area contributed by atoms with Gasteiger partial charge in [-0.25, -0.2) is 0 Å². The molecule has 17 heteroatoms. The number of benzene rings is 2. The number of fused-ring (bicyclic) bond motifs is 2. The lowest BCUT2D eigenvalue weighted by atomic mass is 9.99. The molecule has 0 bridgehead atoms. The molecule has 0 aliphatic carbocycles. The zero-order valence-electron chi connectivity index (χ0n) is 26.6. The van der Waals surface area contributed by atoms with E-state index in [1.807, 2.05) is 0 Å². The van der Waals surface area contributed by atoms with E-state index in [-0.39, 0.29) is 12.1 Å². The number of para-hydroxylation sites is 2. The lowest BCUT2D eigenvalue weighted by Gasteiger charge is -2.41. The summed E-state index contributed by atoms with van der Waals surface area (Å²) in [4.78, 5) is 37.1. The molecule has 10 atom stereocenters. The van der Waals surface area contributed by atoms with Crippen LogP contribution in [0.25, 0.3) is 21.8 Å². The summed E-state index contributed by atoms with van der Waals surface area (Å²) in [6, 6.07) is 13.6. The van der Waals surface area contributed by atoms with Gasteiger partial charge in [0.1, 0.15) is 42.7 Å². The van der Waals surface area contributed by atoms with Gasteiger partial charge in [-0.2, -0.15) is 9.46 Å². The highest BCUT2D eigenvalue weighted by Crippen LogP contribution is 2.30. The number of carboxylic acid groups (broad SMARTS) is 1. The maximum atomic E-state index is 13.6. The van der Waals surface area contributed by atoms with Crippen molar-refractivity contribution in [1.29, 1.82) is 0 Å². The van der Waals surface area contributed by atoms with Crippen LogP contribution < -0.4 is 9.68 Å². The van der Waals surface area contributed by atoms with Gasteiger partial charge in [-0.3, -0.25) is 9.59 Å². The van der Waals surface area contributed by atoms with Crippen molar-refractivity contribution in [2.45, 2.75) is 81.2 Å². The fourth-order valence-corrected chi connectivity index (χ4v) is 6.32. The molecule has 0 spiro atoms. The predicted molar refractivity (Wildman–Crippen MR) is 168 cm³/mol. The first-order valence-corrected chi connectivity index (χ1v) is 15.8. The van der Waals surface area contributed by atoms with Crippen LogP contribution in [-0.2, 0) is 36.6 Å². The zero-order valence-corrected chi connectivity index (χ0v) is 26.6. The van der Waals surface area contributed by atoms with E-state index in [1.54, 1.807) is 55.5 Å². The van der Waals surface area contributed by atoms with Crippen LogP contribution in [0.15, 0.2) is 54.7 Å². The normalized spacial score (nSPS) is 30.0. The Labute approximate surface area is 283 Å². The topological polar surface area (TPSA) is 252 Å². The number of aliphatic hydroxyl groups excluding tert-OH is 7. The van der Waals surface area contributed by atoms with Crippen LogP contribution in [0.3, 0.4) is 0 Å². The fourth-order valence-electron chi connectivity index (χ4n) is 6.32. The van der Waals surface area contributed by atoms with Gasteiger partial charge in [-0.15, -0.1) is 0 Å². The third kappa shape index (κ3) is 6.62. The van der Waals surface area contributed by atoms with E-state index in [4.69, 9.17) is 23.9 Å². The van der Waals surface area contributed by atoms with Gasteiger partial charge < -0.3 is 64.7 Å². The lowest BCUT2D eigenvalue weighted by Crippen LogP contribution is -2.62. The summed E-state index contributed by atoms with van der Waals surface area (Å²) < 4.78 is 19.3. The van der Waals surface area contributed by atoms with Crippen molar-refractivity contribution in [2.75, 3.05) is 13.2 Å². The van der Waals surface area contributed by atoms with Crippen LogP contribution in [0.5, 0.6) is 0 Å². The fraction of sp³-hybridized carbons (Fsp3) is 0.455. The summed E-state index contributed by atoms with van der Waals surface area (Å²) >= 11 is 0. The van der Waals surface area contributed by atoms with Crippen LogP contribution in [0.2, 0.25) is 0 Å². The van der Waals surface area contributed by atoms with Crippen molar-refractivity contribution < 1.29 is 74.3 Å². The molecule has 2 fully saturated rings. The number of carbonyl (C=O) groups is 2. The molecule has 4 aromatic rings. The Morgan fingerprint density at radius 3 is 2.00 bits per heavy atom. The molecule has 17 nitrogen and oxygen atoms in total. The number of hydrogen-bond acceptors (Lipinski definition) is 14. The molecule has 2 aromatic carbocycles. The van der Waals surface area contributed by atoms with Gasteiger partial charge in [0.15, 0.2) is 6.10 Å². The second-order valence-electron chi connectivity index (χ2n) is 12.2. The minimum absolute atomic E-state index is 0.209. The number of carboxylic acids is 1. The number of nitrogens with zero attached hydrogens (tertiary/aromatic N) is 2. The number of ether oxygens (including phenoxy) is 3. The Morgan fingerprint density at radius 1 is 0.740 bits per heavy atom. The van der Waals surface area contributed by atoms with Crippen molar-refractivity contribution in [3.8, 4) is 0 Å². The Morgan fingerprint density at radius 2 is 1.34 bits per heavy atom. The summed E-state index contributed by atoms with van der Waals surface area (Å²) in [5.74, 6) is -2.04. The molecule has 0 radical (unpaired) electrons. The maximum Gasteiger partial charge on any atom is 0.312 e. The van der Waals surface area contributed by atoms with E-state index in [0.717, 1.165) is 0 Å². The number of aliphatic carboxylic acids is 1. The summed E-state index contributed by atoms with van der Waals surface area (Å²) in [7, 11) is 0. The minimum atomic E-state index is -1.80. The smallest absolute Gasteiger partial charge is 0.312 e. The molecular formula is C33H38N2O15. The Kier molecular flexibility index (Phi) is 10.3. The van der Waals surface area contributed by atoms with Gasteiger partial charge in [-0.1, -0.05) is 36.4 Å². The van der Waals surface area contributed by atoms with Gasteiger partial charge in [-0.05, 0) is 30.2 Å². The number of aryl methyl sites for hydroxylation is 1. The van der Waals surface area contributed by atoms with E-state index in [9.17, 15) is 50.4 Å². The lowest BCUT2D eigenvalue weighted by molar-refractivity contribution is -0.303. The second kappa shape index (κ2) is 14.5. The Balaban J connectivity index is 1.29. The Bertz CT molecular complexity index is 1840. The van der Waals surface area contributed by atoms with Gasteiger partial charge in [0, 0.05) is 17.0 Å². The van der Waals surface area contributed by atoms with Gasteiger partial charge >= 0.3 is 11.9 Å². The number of aliphatic hydroxyl groups is 7. The first-order chi connectivity index (χ1) is 23.9. The van der Waals surface area contributed by atoms with Crippen molar-refractivity contribution in [3.05, 3.63) is 71.5 Å². The minimum Gasteiger partial charge on any atom is -0.481 e. The molecule has 0 saturated carbocycles. The van der Waals surface area contributed by atoms with Crippen molar-refractivity contribution in [3.63, 3.8) is 0 Å². The van der Waals surface area contributed by atoms with E-state index >= 15 is 0 Å². The molecule has 0 unspecified atom stereocenters. The first-order valence-electron chi connectivity index (χ1n) is 15.8. The number of aromatic nitrogens is 2. The zero-order chi connectivity index (χ0) is 35.9. The number of rotatable bonds is 11. The van der Waals surface area contributed by atoms with Gasteiger partial charge in [0.05, 0.1) is 42.8 Å². The summed E-state index contributed by atoms with van der Waals surface area (Å²) in [5, 5.41) is 83.0. The third-order valence-corrected chi connectivity index (χ3v) is 8.99. The summed E-state index contributed by atoms with van der Waals surface area (Å²) in [6.07, 6.45) is -15.5. The largest absolute Gasteiger partial charge is 0.481 e. The average Bonchev–Trinajstić information content (AvgIpc) is 3.57. The molecule has 50 heavy (non-hydrogen) atoms. The monoisotopic (exact) mass is 702 g/mol. The molecule has 0 amide bonds. The highest BCUT2D eigenvalue weighted by Gasteiger charge is 2.49. The van der Waals surface area contributed by atoms with E-state index < -0.39 is 93.0 Å². The van der Waals surface area contributed by atoms with Crippen LogP contribution in [0, 0.1) is 6.92 Å². The number of hydrogen-bond donors (Lipinski definition) is 8. The molecule has 6 rings (SSSR count). The average molecular weight is 703 g/mol. The SMILES string of the molecule is Cc1c(CC(=O)O[C@H]2[C@H](On3cc(CC(=O)O)c4ccccc43)O[C@H](CO)[C@@H](O)[C@@H]2O)n(O[C@@H]2O[C@H](CO)[C@@H](O)[C@H](O)[C@H]2O)c2ccccc12. The molecule has 2 saturated heterocycles. The highest BCUT2D eigenvalue weighted by atomic mass is 16.8. The second-order valence-corrected chi connectivity index (χ2v) is 12.2. The highest BCUT2D eigenvalue weighted by molar-refractivity contribution is 5.88. The standard InChI is InChI=1S/C33H38N2O15/c1-15-17-6-2-5-9-20(17)35(50-32-30(45)28(43)26(41)22(13-36)46-32)21(15)11-25(40)48-31-29(44)27(42)23(14-37)47-33(31)49-34-12-16(10-24(38)39)18-7-3-4-8-19(18)34/h2-9,12,22-23,26-33,36-37,41-45H,10-11,13-14H2,1H3,(H,38,39)/t22-,23-,26-,27-,28+,29+,30-,31-,32+,33+/m1/s1. The predicted octanol–water partition coefficient (Wildman–Crippen LogP) is -2.22. The van der Waals surface area contributed by atoms with Gasteiger partial charge in [0.2, 0.25) is 0 Å². The Hall–Kier alpha value is -4.30. The third-order valence-electron chi connectivity index (χ3n) is 8.99. The molecule has 8 N–H and O–H groups in total. The van der Waals surface area contributed by atoms with E-state index in [1.165, 1.54) is 15.7 Å². The van der Waals surface area contributed by atoms with Crippen LogP contribution >= 0.6 is 0 Å². The summed E-state index contributed by atoms with van der Waals surface area (Å²) in [5.41, 5.74) is 2.04. The number of esters is 1. The molecular weight excluding hydrogens is 664 g/mol. The van der Waals surface area contributed by atoms with Crippen molar-refractivity contribution in [1.82, 2.24) is 9.46 Å². The maximum absolute atomic E-state index is 13.6. The van der Waals surface area contributed by atoms with E-state index in [2.05, 4.69) is 0 Å². The van der Waals surface area contributed by atoms with Crippen molar-refractivity contribution in [2.24, 2.45) is 0 Å². The molecule has 4 heterocycles. The quantitative estimate of drug-likeness (QED) is 0.0771.